The van der Waals surface area contributed by atoms with Crippen LogP contribution in [0.3, 0.4) is 0 Å². The zero-order chi connectivity index (χ0) is 20.0. The van der Waals surface area contributed by atoms with Crippen LogP contribution in [0.5, 0.6) is 0 Å². The molecule has 29 heavy (non-hydrogen) atoms. The van der Waals surface area contributed by atoms with E-state index in [1.165, 1.54) is 31.4 Å². The van der Waals surface area contributed by atoms with Crippen LogP contribution < -0.4 is 15.5 Å². The maximum Gasteiger partial charge on any atom is 0.235 e. The largest absolute Gasteiger partial charge is 0.369 e. The lowest BCUT2D eigenvalue weighted by Crippen LogP contribution is -2.51. The van der Waals surface area contributed by atoms with Crippen LogP contribution in [0.25, 0.3) is 10.9 Å². The summed E-state index contributed by atoms with van der Waals surface area (Å²) in [6.45, 7) is 4.36. The molecule has 0 bridgehead atoms. The van der Waals surface area contributed by atoms with Crippen molar-refractivity contribution in [1.29, 1.82) is 0 Å². The lowest BCUT2D eigenvalue weighted by molar-refractivity contribution is -0.134. The smallest absolute Gasteiger partial charge is 0.235 e. The summed E-state index contributed by atoms with van der Waals surface area (Å²) in [6.07, 6.45) is 5.94. The van der Waals surface area contributed by atoms with Gasteiger partial charge < -0.3 is 10.2 Å². The van der Waals surface area contributed by atoms with Crippen LogP contribution in [-0.2, 0) is 16.6 Å². The van der Waals surface area contributed by atoms with E-state index in [0.717, 1.165) is 42.8 Å². The number of hydrogen-bond donors (Lipinski definition) is 2. The number of benzene rings is 1. The number of anilines is 1. The predicted octanol–water partition coefficient (Wildman–Crippen LogP) is 2.06. The van der Waals surface area contributed by atoms with Crippen molar-refractivity contribution in [2.24, 2.45) is 12.5 Å². The Balaban J connectivity index is 1.52. The van der Waals surface area contributed by atoms with Crippen LogP contribution in [0, 0.1) is 5.41 Å². The van der Waals surface area contributed by atoms with Crippen molar-refractivity contribution < 1.29 is 9.59 Å². The van der Waals surface area contributed by atoms with Crippen LogP contribution in [-0.4, -0.2) is 47.8 Å². The van der Waals surface area contributed by atoms with E-state index in [-0.39, 0.29) is 17.7 Å². The molecule has 0 saturated carbocycles. The predicted molar refractivity (Wildman–Crippen MR) is 112 cm³/mol. The molecule has 1 aromatic carbocycles. The van der Waals surface area contributed by atoms with E-state index in [1.54, 1.807) is 0 Å². The summed E-state index contributed by atoms with van der Waals surface area (Å²) in [5, 5.41) is 11.9. The number of aryl methyl sites for hydroxylation is 1. The molecule has 5 rings (SSSR count). The number of aromatic nitrogens is 2. The number of carbonyl (C=O) groups is 2. The van der Waals surface area contributed by atoms with Crippen molar-refractivity contribution >= 4 is 28.4 Å². The van der Waals surface area contributed by atoms with Crippen molar-refractivity contribution in [2.45, 2.75) is 44.4 Å². The number of carbonyl (C=O) groups excluding carboxylic acids is 2. The minimum absolute atomic E-state index is 0.188. The molecule has 1 aromatic heterocycles. The zero-order valence-corrected chi connectivity index (χ0v) is 17.0. The Bertz CT molecular complexity index is 954. The van der Waals surface area contributed by atoms with E-state index in [0.29, 0.717) is 18.3 Å². The second-order valence-electron chi connectivity index (χ2n) is 8.99. The SMILES string of the molecule is Cn1nc(C2CCC(=O)NC2=O)c2cccc(N3CCCC4(CCCNC4)C3)c21. The number of rotatable bonds is 2. The Morgan fingerprint density at radius 3 is 2.86 bits per heavy atom. The van der Waals surface area contributed by atoms with Gasteiger partial charge in [0.2, 0.25) is 11.8 Å². The molecule has 4 heterocycles. The summed E-state index contributed by atoms with van der Waals surface area (Å²) < 4.78 is 1.92. The highest BCUT2D eigenvalue weighted by atomic mass is 16.2. The minimum atomic E-state index is -0.359. The van der Waals surface area contributed by atoms with Gasteiger partial charge >= 0.3 is 0 Å². The Morgan fingerprint density at radius 2 is 2.07 bits per heavy atom. The van der Waals surface area contributed by atoms with Crippen molar-refractivity contribution in [3.05, 3.63) is 23.9 Å². The van der Waals surface area contributed by atoms with Crippen molar-refractivity contribution in [2.75, 3.05) is 31.1 Å². The standard InChI is InChI=1S/C22H29N5O2/c1-26-20-15(19(25-26)16-7-8-18(28)24-21(16)29)5-2-6-17(20)27-12-4-10-22(14-27)9-3-11-23-13-22/h2,5-6,16,23H,3-4,7-14H2,1H3,(H,24,28,29). The maximum atomic E-state index is 12.4. The highest BCUT2D eigenvalue weighted by Gasteiger charge is 2.38. The third-order valence-electron chi connectivity index (χ3n) is 7.00. The number of nitrogens with one attached hydrogen (secondary N) is 2. The molecule has 0 radical (unpaired) electrons. The van der Waals surface area contributed by atoms with E-state index < -0.39 is 0 Å². The highest BCUT2D eigenvalue weighted by molar-refractivity contribution is 6.03. The molecule has 0 aliphatic carbocycles. The summed E-state index contributed by atoms with van der Waals surface area (Å²) in [5.74, 6) is -0.773. The summed E-state index contributed by atoms with van der Waals surface area (Å²) in [5.41, 5.74) is 3.46. The fraction of sp³-hybridized carbons (Fsp3) is 0.591. The minimum Gasteiger partial charge on any atom is -0.369 e. The monoisotopic (exact) mass is 395 g/mol. The van der Waals surface area contributed by atoms with E-state index in [1.807, 2.05) is 11.7 Å². The number of para-hydroxylation sites is 1. The summed E-state index contributed by atoms with van der Waals surface area (Å²) in [4.78, 5) is 26.5. The average molecular weight is 396 g/mol. The van der Waals surface area contributed by atoms with Gasteiger partial charge in [0, 0.05) is 43.9 Å². The van der Waals surface area contributed by atoms with Crippen LogP contribution in [0.4, 0.5) is 5.69 Å². The second-order valence-corrected chi connectivity index (χ2v) is 8.99. The molecular weight excluding hydrogens is 366 g/mol. The van der Waals surface area contributed by atoms with Gasteiger partial charge in [0.1, 0.15) is 0 Å². The van der Waals surface area contributed by atoms with Crippen molar-refractivity contribution in [3.8, 4) is 0 Å². The molecule has 2 unspecified atom stereocenters. The molecule has 3 aliphatic heterocycles. The molecule has 2 aromatic rings. The first-order valence-corrected chi connectivity index (χ1v) is 10.8. The third-order valence-corrected chi connectivity index (χ3v) is 7.00. The molecule has 1 spiro atoms. The maximum absolute atomic E-state index is 12.4. The number of amides is 2. The first-order valence-electron chi connectivity index (χ1n) is 10.8. The van der Waals surface area contributed by atoms with E-state index in [9.17, 15) is 9.59 Å². The molecule has 154 valence electrons. The molecule has 2 atom stereocenters. The first-order chi connectivity index (χ1) is 14.1. The quantitative estimate of drug-likeness (QED) is 0.761. The Kier molecular flexibility index (Phi) is 4.57. The fourth-order valence-corrected chi connectivity index (χ4v) is 5.60. The lowest BCUT2D eigenvalue weighted by atomic mass is 9.74. The zero-order valence-electron chi connectivity index (χ0n) is 17.0. The number of nitrogens with zero attached hydrogens (tertiary/aromatic N) is 3. The van der Waals surface area contributed by atoms with Crippen molar-refractivity contribution in [1.82, 2.24) is 20.4 Å². The normalized spacial score (nSPS) is 28.2. The van der Waals surface area contributed by atoms with Crippen LogP contribution in [0.1, 0.15) is 50.1 Å². The average Bonchev–Trinajstić information content (AvgIpc) is 3.05. The first kappa shape index (κ1) is 18.6. The van der Waals surface area contributed by atoms with E-state index in [2.05, 4.69) is 33.7 Å². The molecule has 2 amide bonds. The second kappa shape index (κ2) is 7.13. The van der Waals surface area contributed by atoms with E-state index >= 15 is 0 Å². The summed E-state index contributed by atoms with van der Waals surface area (Å²) in [6, 6.07) is 6.33. The molecule has 3 saturated heterocycles. The number of imide groups is 1. The van der Waals surface area contributed by atoms with Gasteiger partial charge in [-0.1, -0.05) is 12.1 Å². The highest BCUT2D eigenvalue weighted by Crippen LogP contribution is 2.40. The lowest BCUT2D eigenvalue weighted by Gasteiger charge is -2.46. The molecule has 3 aliphatic rings. The Morgan fingerprint density at radius 1 is 1.21 bits per heavy atom. The summed E-state index contributed by atoms with van der Waals surface area (Å²) in [7, 11) is 1.96. The number of fused-ring (bicyclic) bond motifs is 1. The van der Waals surface area contributed by atoms with Gasteiger partial charge in [0.05, 0.1) is 22.8 Å². The molecule has 7 heteroatoms. The third kappa shape index (κ3) is 3.21. The van der Waals surface area contributed by atoms with Crippen LogP contribution in [0.2, 0.25) is 0 Å². The Labute approximate surface area is 170 Å². The van der Waals surface area contributed by atoms with E-state index in [4.69, 9.17) is 5.10 Å². The molecule has 3 fully saturated rings. The van der Waals surface area contributed by atoms with Crippen LogP contribution >= 0.6 is 0 Å². The summed E-state index contributed by atoms with van der Waals surface area (Å²) >= 11 is 0. The van der Waals surface area contributed by atoms with Gasteiger partial charge in [0.25, 0.3) is 0 Å². The van der Waals surface area contributed by atoms with Gasteiger partial charge in [-0.2, -0.15) is 5.10 Å². The number of hydrogen-bond acceptors (Lipinski definition) is 5. The molecular formula is C22H29N5O2. The van der Waals surface area contributed by atoms with Gasteiger partial charge in [-0.05, 0) is 44.7 Å². The molecule has 7 nitrogen and oxygen atoms in total. The number of piperidine rings is 3. The van der Waals surface area contributed by atoms with Crippen LogP contribution in [0.15, 0.2) is 18.2 Å². The van der Waals surface area contributed by atoms with Gasteiger partial charge in [-0.15, -0.1) is 0 Å². The topological polar surface area (TPSA) is 79.3 Å². The van der Waals surface area contributed by atoms with Gasteiger partial charge in [0.15, 0.2) is 0 Å². The molecule has 2 N–H and O–H groups in total. The fourth-order valence-electron chi connectivity index (χ4n) is 5.60. The van der Waals surface area contributed by atoms with Gasteiger partial charge in [-0.25, -0.2) is 0 Å². The van der Waals surface area contributed by atoms with Gasteiger partial charge in [-0.3, -0.25) is 19.6 Å². The van der Waals surface area contributed by atoms with Crippen molar-refractivity contribution in [3.63, 3.8) is 0 Å². The Hall–Kier alpha value is -2.41.